The Labute approximate surface area is 88.1 Å². The number of aliphatic hydroxyl groups excluding tert-OH is 1. The largest absolute Gasteiger partial charge is 0.390 e. The molecule has 0 bridgehead atoms. The summed E-state index contributed by atoms with van der Waals surface area (Å²) in [5.41, 5.74) is 5.47. The highest BCUT2D eigenvalue weighted by Crippen LogP contribution is 2.30. The number of pyridine rings is 1. The number of nitrogens with two attached hydrogens (primary N) is 1. The quantitative estimate of drug-likeness (QED) is 0.876. The highest BCUT2D eigenvalue weighted by atomic mass is 79.9. The number of rotatable bonds is 3. The van der Waals surface area contributed by atoms with Crippen LogP contribution >= 0.6 is 15.9 Å². The van der Waals surface area contributed by atoms with Crippen LogP contribution in [-0.4, -0.2) is 10.1 Å². The van der Waals surface area contributed by atoms with E-state index in [9.17, 15) is 8.78 Å². The number of alkyl halides is 2. The van der Waals surface area contributed by atoms with Crippen molar-refractivity contribution in [3.8, 4) is 0 Å². The molecule has 0 unspecified atom stereocenters. The summed E-state index contributed by atoms with van der Waals surface area (Å²) < 4.78 is 25.2. The van der Waals surface area contributed by atoms with Crippen LogP contribution in [0.15, 0.2) is 10.5 Å². The van der Waals surface area contributed by atoms with Gasteiger partial charge >= 0.3 is 0 Å². The molecule has 0 aliphatic carbocycles. The van der Waals surface area contributed by atoms with Gasteiger partial charge < -0.3 is 10.8 Å². The Kier molecular flexibility index (Phi) is 3.91. The van der Waals surface area contributed by atoms with Crippen LogP contribution in [0.2, 0.25) is 0 Å². The lowest BCUT2D eigenvalue weighted by Crippen LogP contribution is -2.06. The van der Waals surface area contributed by atoms with Crippen LogP contribution in [0.1, 0.15) is 23.4 Å². The molecule has 6 heteroatoms. The average Bonchev–Trinajstić information content (AvgIpc) is 2.15. The van der Waals surface area contributed by atoms with E-state index >= 15 is 0 Å². The summed E-state index contributed by atoms with van der Waals surface area (Å²) in [6, 6.07) is 1.43. The van der Waals surface area contributed by atoms with Gasteiger partial charge in [-0.25, -0.2) is 8.78 Å². The van der Waals surface area contributed by atoms with Crippen LogP contribution in [0.4, 0.5) is 8.78 Å². The van der Waals surface area contributed by atoms with Gasteiger partial charge in [-0.1, -0.05) is 15.9 Å². The third-order valence-corrected chi connectivity index (χ3v) is 2.37. The molecule has 0 aliphatic heterocycles. The Hall–Kier alpha value is -0.590. The minimum absolute atomic E-state index is 0.0326. The number of hydrogen-bond acceptors (Lipinski definition) is 3. The van der Waals surface area contributed by atoms with Crippen LogP contribution in [-0.2, 0) is 13.2 Å². The summed E-state index contributed by atoms with van der Waals surface area (Å²) in [6.45, 7) is -0.374. The maximum Gasteiger partial charge on any atom is 0.266 e. The molecular weight excluding hydrogens is 258 g/mol. The van der Waals surface area contributed by atoms with Crippen molar-refractivity contribution in [2.24, 2.45) is 5.73 Å². The summed E-state index contributed by atoms with van der Waals surface area (Å²) in [5.74, 6) is 0. The second-order valence-electron chi connectivity index (χ2n) is 2.62. The van der Waals surface area contributed by atoms with Crippen molar-refractivity contribution < 1.29 is 13.9 Å². The maximum atomic E-state index is 12.5. The fraction of sp³-hybridized carbons (Fsp3) is 0.375. The molecular formula is C8H9BrF2N2O. The Morgan fingerprint density at radius 1 is 1.57 bits per heavy atom. The molecule has 1 rings (SSSR count). The van der Waals surface area contributed by atoms with E-state index in [1.807, 2.05) is 0 Å². The van der Waals surface area contributed by atoms with Crippen molar-refractivity contribution in [3.63, 3.8) is 0 Å². The van der Waals surface area contributed by atoms with Gasteiger partial charge in [0.05, 0.1) is 23.6 Å². The summed E-state index contributed by atoms with van der Waals surface area (Å²) in [5, 5.41) is 8.85. The molecule has 0 atom stereocenters. The van der Waals surface area contributed by atoms with Gasteiger partial charge in [0.25, 0.3) is 6.43 Å². The highest BCUT2D eigenvalue weighted by Gasteiger charge is 2.18. The maximum absolute atomic E-state index is 12.5. The van der Waals surface area contributed by atoms with E-state index < -0.39 is 13.0 Å². The Morgan fingerprint density at radius 3 is 2.64 bits per heavy atom. The SMILES string of the molecule is NCc1cc(Br)c(C(F)F)c(CO)n1. The van der Waals surface area contributed by atoms with E-state index in [2.05, 4.69) is 20.9 Å². The number of nitrogens with zero attached hydrogens (tertiary/aromatic N) is 1. The van der Waals surface area contributed by atoms with Crippen LogP contribution in [0.3, 0.4) is 0 Å². The van der Waals surface area contributed by atoms with Gasteiger partial charge in [-0.05, 0) is 6.07 Å². The number of hydrogen-bond donors (Lipinski definition) is 2. The molecule has 1 aromatic heterocycles. The van der Waals surface area contributed by atoms with Gasteiger partial charge in [0.2, 0.25) is 0 Å². The smallest absolute Gasteiger partial charge is 0.266 e. The molecule has 78 valence electrons. The molecule has 3 nitrogen and oxygen atoms in total. The third-order valence-electron chi connectivity index (χ3n) is 1.72. The van der Waals surface area contributed by atoms with Crippen molar-refractivity contribution in [1.29, 1.82) is 0 Å². The van der Waals surface area contributed by atoms with Crippen LogP contribution in [0, 0.1) is 0 Å². The molecule has 14 heavy (non-hydrogen) atoms. The summed E-state index contributed by atoms with van der Waals surface area (Å²) >= 11 is 2.99. The molecule has 1 aromatic rings. The number of halogens is 3. The minimum atomic E-state index is -2.66. The molecule has 0 aromatic carbocycles. The monoisotopic (exact) mass is 266 g/mol. The standard InChI is InChI=1S/C8H9BrF2N2O/c9-5-1-4(2-12)13-6(3-14)7(5)8(10)11/h1,8,14H,2-3,12H2. The molecule has 0 spiro atoms. The first kappa shape index (κ1) is 11.5. The van der Waals surface area contributed by atoms with Crippen molar-refractivity contribution in [2.75, 3.05) is 0 Å². The molecule has 3 N–H and O–H groups in total. The fourth-order valence-electron chi connectivity index (χ4n) is 1.08. The summed E-state index contributed by atoms with van der Waals surface area (Å²) in [4.78, 5) is 3.81. The third kappa shape index (κ3) is 2.26. The first-order valence-electron chi connectivity index (χ1n) is 3.87. The van der Waals surface area contributed by atoms with Crippen molar-refractivity contribution in [2.45, 2.75) is 19.6 Å². The van der Waals surface area contributed by atoms with Crippen molar-refractivity contribution >= 4 is 15.9 Å². The predicted octanol–water partition coefficient (Wildman–Crippen LogP) is 1.73. The van der Waals surface area contributed by atoms with E-state index in [1.165, 1.54) is 6.07 Å². The predicted molar refractivity (Wildman–Crippen MR) is 50.7 cm³/mol. The zero-order valence-electron chi connectivity index (χ0n) is 7.17. The molecule has 0 saturated carbocycles. The fourth-order valence-corrected chi connectivity index (χ4v) is 1.75. The first-order valence-corrected chi connectivity index (χ1v) is 4.66. The number of aromatic nitrogens is 1. The van der Waals surface area contributed by atoms with E-state index in [0.29, 0.717) is 5.69 Å². The second kappa shape index (κ2) is 4.77. The molecule has 0 saturated heterocycles. The number of aliphatic hydroxyl groups is 1. The van der Waals surface area contributed by atoms with Gasteiger partial charge in [0.15, 0.2) is 0 Å². The van der Waals surface area contributed by atoms with Gasteiger partial charge in [-0.3, -0.25) is 4.98 Å². The van der Waals surface area contributed by atoms with E-state index in [0.717, 1.165) is 0 Å². The molecule has 1 heterocycles. The van der Waals surface area contributed by atoms with Gasteiger partial charge in [-0.15, -0.1) is 0 Å². The first-order chi connectivity index (χ1) is 6.60. The van der Waals surface area contributed by atoms with E-state index in [4.69, 9.17) is 10.8 Å². The normalized spacial score (nSPS) is 11.0. The molecule has 0 radical (unpaired) electrons. The topological polar surface area (TPSA) is 59.1 Å². The zero-order chi connectivity index (χ0) is 10.7. The Balaban J connectivity index is 3.27. The van der Waals surface area contributed by atoms with Crippen LogP contribution in [0.25, 0.3) is 0 Å². The lowest BCUT2D eigenvalue weighted by Gasteiger charge is -2.09. The minimum Gasteiger partial charge on any atom is -0.390 e. The molecule has 0 fully saturated rings. The lowest BCUT2D eigenvalue weighted by atomic mass is 10.2. The van der Waals surface area contributed by atoms with Crippen molar-refractivity contribution in [3.05, 3.63) is 27.5 Å². The van der Waals surface area contributed by atoms with Crippen molar-refractivity contribution in [1.82, 2.24) is 4.98 Å². The molecule has 0 aliphatic rings. The van der Waals surface area contributed by atoms with Crippen LogP contribution < -0.4 is 5.73 Å². The summed E-state index contributed by atoms with van der Waals surface area (Å²) in [6.07, 6.45) is -2.66. The second-order valence-corrected chi connectivity index (χ2v) is 3.47. The average molecular weight is 267 g/mol. The van der Waals surface area contributed by atoms with Gasteiger partial charge in [0.1, 0.15) is 0 Å². The van der Waals surface area contributed by atoms with Gasteiger partial charge in [-0.2, -0.15) is 0 Å². The Bertz CT molecular complexity index is 333. The zero-order valence-corrected chi connectivity index (χ0v) is 8.76. The Morgan fingerprint density at radius 2 is 2.21 bits per heavy atom. The lowest BCUT2D eigenvalue weighted by molar-refractivity contribution is 0.145. The highest BCUT2D eigenvalue weighted by molar-refractivity contribution is 9.10. The van der Waals surface area contributed by atoms with Crippen LogP contribution in [0.5, 0.6) is 0 Å². The van der Waals surface area contributed by atoms with E-state index in [1.54, 1.807) is 0 Å². The van der Waals surface area contributed by atoms with E-state index in [-0.39, 0.29) is 22.3 Å². The van der Waals surface area contributed by atoms with Gasteiger partial charge in [0, 0.05) is 11.0 Å². The summed E-state index contributed by atoms with van der Waals surface area (Å²) in [7, 11) is 0. The molecule has 0 amide bonds.